The molecule has 4 nitrogen and oxygen atoms in total. The Labute approximate surface area is 109 Å². The highest BCUT2D eigenvalue weighted by Crippen LogP contribution is 2.07. The molecular formula is C14H24N2O2. The van der Waals surface area contributed by atoms with Crippen LogP contribution in [0.4, 0.5) is 0 Å². The average Bonchev–Trinajstić information content (AvgIpc) is 2.87. The number of aryl methyl sites for hydroxylation is 1. The highest BCUT2D eigenvalue weighted by atomic mass is 16.5. The van der Waals surface area contributed by atoms with E-state index in [2.05, 4.69) is 29.3 Å². The van der Waals surface area contributed by atoms with Crippen molar-refractivity contribution < 1.29 is 9.15 Å². The number of nitrogens with one attached hydrogen (secondary N) is 1. The van der Waals surface area contributed by atoms with Crippen molar-refractivity contribution in [2.24, 2.45) is 0 Å². The normalized spacial score (nSPS) is 17.2. The first-order valence-electron chi connectivity index (χ1n) is 6.97. The molecule has 0 amide bonds. The van der Waals surface area contributed by atoms with Crippen molar-refractivity contribution in [2.75, 3.05) is 39.4 Å². The van der Waals surface area contributed by atoms with Crippen molar-refractivity contribution in [2.45, 2.75) is 26.3 Å². The Bertz CT molecular complexity index is 332. The number of hydrogen-bond donors (Lipinski definition) is 1. The van der Waals surface area contributed by atoms with E-state index in [0.29, 0.717) is 0 Å². The van der Waals surface area contributed by atoms with Crippen LogP contribution in [-0.4, -0.2) is 44.3 Å². The fourth-order valence-corrected chi connectivity index (χ4v) is 2.17. The molecule has 0 unspecified atom stereocenters. The molecule has 0 bridgehead atoms. The molecule has 0 spiro atoms. The topological polar surface area (TPSA) is 37.6 Å². The van der Waals surface area contributed by atoms with Crippen LogP contribution < -0.4 is 5.32 Å². The van der Waals surface area contributed by atoms with Gasteiger partial charge in [0, 0.05) is 19.5 Å². The standard InChI is InChI=1S/C14H24N2O2/c1-2-13-4-5-14(18-13)12-15-6-3-7-16-8-10-17-11-9-16/h4-5,15H,2-3,6-12H2,1H3. The molecule has 1 aliphatic heterocycles. The monoisotopic (exact) mass is 252 g/mol. The van der Waals surface area contributed by atoms with Gasteiger partial charge in [-0.15, -0.1) is 0 Å². The van der Waals surface area contributed by atoms with Crippen molar-refractivity contribution in [3.05, 3.63) is 23.7 Å². The van der Waals surface area contributed by atoms with Gasteiger partial charge in [0.15, 0.2) is 0 Å². The van der Waals surface area contributed by atoms with Gasteiger partial charge in [-0.05, 0) is 31.6 Å². The molecule has 1 aliphatic rings. The lowest BCUT2D eigenvalue weighted by Crippen LogP contribution is -2.37. The Kier molecular flexibility index (Phi) is 5.71. The Morgan fingerprint density at radius 1 is 1.22 bits per heavy atom. The summed E-state index contributed by atoms with van der Waals surface area (Å²) in [6.07, 6.45) is 2.15. The molecule has 102 valence electrons. The first kappa shape index (κ1) is 13.6. The molecule has 1 fully saturated rings. The minimum atomic E-state index is 0.836. The molecule has 4 heteroatoms. The number of rotatable bonds is 7. The van der Waals surface area contributed by atoms with Crippen LogP contribution in [0.25, 0.3) is 0 Å². The molecule has 1 saturated heterocycles. The zero-order chi connectivity index (χ0) is 12.6. The van der Waals surface area contributed by atoms with Crippen LogP contribution in [0.2, 0.25) is 0 Å². The van der Waals surface area contributed by atoms with Crippen molar-refractivity contribution in [3.63, 3.8) is 0 Å². The first-order chi connectivity index (χ1) is 8.88. The number of hydrogen-bond acceptors (Lipinski definition) is 4. The van der Waals surface area contributed by atoms with Crippen LogP contribution in [-0.2, 0) is 17.7 Å². The third-order valence-corrected chi connectivity index (χ3v) is 3.30. The molecule has 0 aromatic carbocycles. The molecule has 1 aromatic rings. The summed E-state index contributed by atoms with van der Waals surface area (Å²) in [4.78, 5) is 2.47. The third-order valence-electron chi connectivity index (χ3n) is 3.30. The first-order valence-corrected chi connectivity index (χ1v) is 6.97. The Hall–Kier alpha value is -0.840. The van der Waals surface area contributed by atoms with Crippen molar-refractivity contribution >= 4 is 0 Å². The van der Waals surface area contributed by atoms with Crippen LogP contribution in [0.3, 0.4) is 0 Å². The summed E-state index contributed by atoms with van der Waals surface area (Å²) in [5, 5.41) is 3.43. The smallest absolute Gasteiger partial charge is 0.117 e. The van der Waals surface area contributed by atoms with Crippen LogP contribution in [0, 0.1) is 0 Å². The zero-order valence-corrected chi connectivity index (χ0v) is 11.3. The van der Waals surface area contributed by atoms with Gasteiger partial charge in [-0.2, -0.15) is 0 Å². The fraction of sp³-hybridized carbons (Fsp3) is 0.714. The minimum Gasteiger partial charge on any atom is -0.465 e. The average molecular weight is 252 g/mol. The van der Waals surface area contributed by atoms with Crippen LogP contribution in [0.15, 0.2) is 16.5 Å². The van der Waals surface area contributed by atoms with Crippen LogP contribution in [0.1, 0.15) is 24.9 Å². The van der Waals surface area contributed by atoms with Gasteiger partial charge in [-0.25, -0.2) is 0 Å². The van der Waals surface area contributed by atoms with Gasteiger partial charge in [0.05, 0.1) is 19.8 Å². The summed E-state index contributed by atoms with van der Waals surface area (Å²) in [6, 6.07) is 4.12. The SMILES string of the molecule is CCc1ccc(CNCCCN2CCOCC2)o1. The molecular weight excluding hydrogens is 228 g/mol. The van der Waals surface area contributed by atoms with E-state index in [9.17, 15) is 0 Å². The molecule has 18 heavy (non-hydrogen) atoms. The maximum Gasteiger partial charge on any atom is 0.117 e. The number of furan rings is 1. The lowest BCUT2D eigenvalue weighted by molar-refractivity contribution is 0.0374. The highest BCUT2D eigenvalue weighted by Gasteiger charge is 2.08. The van der Waals surface area contributed by atoms with Gasteiger partial charge in [-0.3, -0.25) is 4.90 Å². The van der Waals surface area contributed by atoms with E-state index in [-0.39, 0.29) is 0 Å². The van der Waals surface area contributed by atoms with Gasteiger partial charge in [0.25, 0.3) is 0 Å². The fourth-order valence-electron chi connectivity index (χ4n) is 2.17. The Morgan fingerprint density at radius 2 is 2.00 bits per heavy atom. The predicted molar refractivity (Wildman–Crippen MR) is 71.7 cm³/mol. The van der Waals surface area contributed by atoms with Crippen molar-refractivity contribution in [3.8, 4) is 0 Å². The lowest BCUT2D eigenvalue weighted by atomic mass is 10.3. The second-order valence-corrected chi connectivity index (χ2v) is 4.71. The highest BCUT2D eigenvalue weighted by molar-refractivity contribution is 5.06. The zero-order valence-electron chi connectivity index (χ0n) is 11.3. The molecule has 0 aliphatic carbocycles. The molecule has 1 N–H and O–H groups in total. The summed E-state index contributed by atoms with van der Waals surface area (Å²) in [5.74, 6) is 2.11. The maximum atomic E-state index is 5.64. The Morgan fingerprint density at radius 3 is 2.72 bits per heavy atom. The molecule has 2 rings (SSSR count). The molecule has 2 heterocycles. The van der Waals surface area contributed by atoms with E-state index in [4.69, 9.17) is 9.15 Å². The summed E-state index contributed by atoms with van der Waals surface area (Å²) in [6.45, 7) is 9.09. The van der Waals surface area contributed by atoms with Gasteiger partial charge < -0.3 is 14.5 Å². The number of morpholine rings is 1. The van der Waals surface area contributed by atoms with Crippen LogP contribution in [0.5, 0.6) is 0 Å². The van der Waals surface area contributed by atoms with Gasteiger partial charge in [-0.1, -0.05) is 6.92 Å². The molecule has 0 atom stereocenters. The Balaban J connectivity index is 1.52. The molecule has 0 radical (unpaired) electrons. The van der Waals surface area contributed by atoms with Crippen molar-refractivity contribution in [1.29, 1.82) is 0 Å². The van der Waals surface area contributed by atoms with Gasteiger partial charge in [0.2, 0.25) is 0 Å². The number of nitrogens with zero attached hydrogens (tertiary/aromatic N) is 1. The molecule has 1 aromatic heterocycles. The van der Waals surface area contributed by atoms with E-state index in [0.717, 1.165) is 63.9 Å². The van der Waals surface area contributed by atoms with Gasteiger partial charge in [0.1, 0.15) is 11.5 Å². The summed E-state index contributed by atoms with van der Waals surface area (Å²) >= 11 is 0. The lowest BCUT2D eigenvalue weighted by Gasteiger charge is -2.26. The second-order valence-electron chi connectivity index (χ2n) is 4.71. The van der Waals surface area contributed by atoms with E-state index >= 15 is 0 Å². The van der Waals surface area contributed by atoms with E-state index in [1.807, 2.05) is 0 Å². The van der Waals surface area contributed by atoms with E-state index in [1.54, 1.807) is 0 Å². The summed E-state index contributed by atoms with van der Waals surface area (Å²) < 4.78 is 11.0. The maximum absolute atomic E-state index is 5.64. The summed E-state index contributed by atoms with van der Waals surface area (Å²) in [7, 11) is 0. The third kappa shape index (κ3) is 4.44. The minimum absolute atomic E-state index is 0.836. The van der Waals surface area contributed by atoms with Crippen LogP contribution >= 0.6 is 0 Å². The number of ether oxygens (including phenoxy) is 1. The van der Waals surface area contributed by atoms with E-state index < -0.39 is 0 Å². The van der Waals surface area contributed by atoms with E-state index in [1.165, 1.54) is 6.42 Å². The molecule has 0 saturated carbocycles. The van der Waals surface area contributed by atoms with Crippen molar-refractivity contribution in [1.82, 2.24) is 10.2 Å². The van der Waals surface area contributed by atoms with Gasteiger partial charge >= 0.3 is 0 Å². The quantitative estimate of drug-likeness (QED) is 0.749. The largest absolute Gasteiger partial charge is 0.465 e. The predicted octanol–water partition coefficient (Wildman–Crippen LogP) is 1.65. The second kappa shape index (κ2) is 7.56. The summed E-state index contributed by atoms with van der Waals surface area (Å²) in [5.41, 5.74) is 0.